The SMILES string of the molecule is CCCC(NC(=O)C1C[C@@H](OC(=O)N2CCc3ccccc3C2)CN1C(=O)[C@@H](NC(=O)C(=O)C(C)C)C(C)C)C(=O)C(=O)NCC(=O)O. The summed E-state index contributed by atoms with van der Waals surface area (Å²) in [6, 6.07) is 3.91. The molecule has 0 aliphatic carbocycles. The van der Waals surface area contributed by atoms with Crippen molar-refractivity contribution in [1.29, 1.82) is 0 Å². The quantitative estimate of drug-likeness (QED) is 0.202. The molecule has 1 aromatic carbocycles. The first kappa shape index (κ1) is 37.6. The Balaban J connectivity index is 1.84. The van der Waals surface area contributed by atoms with Crippen LogP contribution in [0.2, 0.25) is 0 Å². The number of hydrogen-bond donors (Lipinski definition) is 4. The second kappa shape index (κ2) is 16.8. The van der Waals surface area contributed by atoms with E-state index in [9.17, 15) is 38.4 Å². The van der Waals surface area contributed by atoms with E-state index in [4.69, 9.17) is 9.84 Å². The molecule has 15 nitrogen and oxygen atoms in total. The number of benzene rings is 1. The molecule has 0 bridgehead atoms. The van der Waals surface area contributed by atoms with E-state index >= 15 is 0 Å². The standard InChI is InChI=1S/C33H45N5O10/c1-6-9-23(28(42)30(44)34-15-25(39)40)35-29(43)24-14-22(48-33(47)37-13-12-20-10-7-8-11-21(20)16-37)17-38(24)32(46)26(18(2)3)36-31(45)27(41)19(4)5/h7-8,10-11,18-19,22-24,26H,6,9,12-17H2,1-5H3,(H,34,44)(H,35,43)(H,36,45)(H,39,40)/t22-,23?,24?,26+/m1/s1. The van der Waals surface area contributed by atoms with Gasteiger partial charge in [-0.05, 0) is 29.9 Å². The van der Waals surface area contributed by atoms with Crippen molar-refractivity contribution in [3.63, 3.8) is 0 Å². The van der Waals surface area contributed by atoms with Crippen molar-refractivity contribution in [3.05, 3.63) is 35.4 Å². The zero-order chi connectivity index (χ0) is 35.7. The maximum atomic E-state index is 14.0. The fourth-order valence-electron chi connectivity index (χ4n) is 5.64. The van der Waals surface area contributed by atoms with E-state index in [0.717, 1.165) is 16.0 Å². The van der Waals surface area contributed by atoms with Gasteiger partial charge < -0.3 is 35.6 Å². The van der Waals surface area contributed by atoms with Gasteiger partial charge in [-0.1, -0.05) is 65.3 Å². The number of carbonyl (C=O) groups excluding carboxylic acids is 7. The number of aliphatic carboxylic acids is 1. The predicted octanol–water partition coefficient (Wildman–Crippen LogP) is 0.572. The van der Waals surface area contributed by atoms with E-state index in [1.807, 2.05) is 29.6 Å². The highest BCUT2D eigenvalue weighted by molar-refractivity contribution is 6.38. The summed E-state index contributed by atoms with van der Waals surface area (Å²) < 4.78 is 5.80. The van der Waals surface area contributed by atoms with Crippen molar-refractivity contribution < 1.29 is 48.2 Å². The summed E-state index contributed by atoms with van der Waals surface area (Å²) >= 11 is 0. The summed E-state index contributed by atoms with van der Waals surface area (Å²) in [5, 5.41) is 15.8. The molecule has 2 unspecified atom stereocenters. The van der Waals surface area contributed by atoms with E-state index in [1.54, 1.807) is 34.6 Å². The molecule has 0 saturated carbocycles. The molecule has 2 heterocycles. The minimum absolute atomic E-state index is 0.0442. The zero-order valence-electron chi connectivity index (χ0n) is 27.9. The van der Waals surface area contributed by atoms with Crippen LogP contribution in [0, 0.1) is 11.8 Å². The number of nitrogens with one attached hydrogen (secondary N) is 3. The predicted molar refractivity (Wildman–Crippen MR) is 170 cm³/mol. The number of ether oxygens (including phenoxy) is 1. The monoisotopic (exact) mass is 671 g/mol. The van der Waals surface area contributed by atoms with Gasteiger partial charge in [-0.2, -0.15) is 0 Å². The molecule has 0 spiro atoms. The Bertz CT molecular complexity index is 1430. The molecule has 15 heteroatoms. The largest absolute Gasteiger partial charge is 0.480 e. The highest BCUT2D eigenvalue weighted by Gasteiger charge is 2.45. The lowest BCUT2D eigenvalue weighted by Gasteiger charge is -2.31. The van der Waals surface area contributed by atoms with Crippen LogP contribution in [0.3, 0.4) is 0 Å². The van der Waals surface area contributed by atoms with Crippen LogP contribution in [0.15, 0.2) is 24.3 Å². The van der Waals surface area contributed by atoms with Crippen LogP contribution >= 0.6 is 0 Å². The van der Waals surface area contributed by atoms with Crippen molar-refractivity contribution in [2.24, 2.45) is 11.8 Å². The second-order valence-corrected chi connectivity index (χ2v) is 12.7. The van der Waals surface area contributed by atoms with E-state index < -0.39 is 89.9 Å². The van der Waals surface area contributed by atoms with Crippen LogP contribution in [-0.4, -0.2) is 106 Å². The van der Waals surface area contributed by atoms with Gasteiger partial charge in [-0.3, -0.25) is 33.6 Å². The molecule has 4 atom stereocenters. The molecule has 1 saturated heterocycles. The topological polar surface area (TPSA) is 209 Å². The minimum Gasteiger partial charge on any atom is -0.480 e. The third-order valence-electron chi connectivity index (χ3n) is 8.31. The van der Waals surface area contributed by atoms with E-state index in [2.05, 4.69) is 10.6 Å². The molecule has 2 aliphatic rings. The average molecular weight is 672 g/mol. The Morgan fingerprint density at radius 2 is 1.60 bits per heavy atom. The molecule has 0 radical (unpaired) electrons. The van der Waals surface area contributed by atoms with Gasteiger partial charge in [0, 0.05) is 25.4 Å². The van der Waals surface area contributed by atoms with Gasteiger partial charge in [0.1, 0.15) is 24.7 Å². The molecule has 1 aromatic rings. The minimum atomic E-state index is -1.36. The van der Waals surface area contributed by atoms with Crippen LogP contribution < -0.4 is 16.0 Å². The van der Waals surface area contributed by atoms with Gasteiger partial charge >= 0.3 is 12.1 Å². The number of hydrogen-bond acceptors (Lipinski definition) is 9. The second-order valence-electron chi connectivity index (χ2n) is 12.7. The van der Waals surface area contributed by atoms with Crippen LogP contribution in [0.25, 0.3) is 0 Å². The molecule has 0 aromatic heterocycles. The van der Waals surface area contributed by atoms with Gasteiger partial charge in [0.25, 0.3) is 11.8 Å². The summed E-state index contributed by atoms with van der Waals surface area (Å²) in [5.41, 5.74) is 2.10. The number of carbonyl (C=O) groups is 8. The number of likely N-dealkylation sites (tertiary alicyclic amines) is 1. The number of carboxylic acid groups (broad SMARTS) is 1. The number of rotatable bonds is 14. The van der Waals surface area contributed by atoms with Crippen LogP contribution in [0.1, 0.15) is 65.0 Å². The molecular formula is C33H45N5O10. The molecule has 48 heavy (non-hydrogen) atoms. The summed E-state index contributed by atoms with van der Waals surface area (Å²) in [5.74, 6) is -7.91. The zero-order valence-corrected chi connectivity index (χ0v) is 27.9. The normalized spacial score (nSPS) is 18.4. The number of carboxylic acids is 1. The van der Waals surface area contributed by atoms with Crippen molar-refractivity contribution in [2.45, 2.75) is 91.1 Å². The number of Topliss-reactive ketones (excluding diaryl/α,β-unsaturated/α-hetero) is 2. The molecule has 262 valence electrons. The van der Waals surface area contributed by atoms with E-state index in [0.29, 0.717) is 25.9 Å². The molecule has 1 fully saturated rings. The molecular weight excluding hydrogens is 626 g/mol. The lowest BCUT2D eigenvalue weighted by molar-refractivity contribution is -0.146. The molecule has 5 amide bonds. The number of amides is 5. The van der Waals surface area contributed by atoms with Crippen LogP contribution in [0.5, 0.6) is 0 Å². The van der Waals surface area contributed by atoms with E-state index in [1.165, 1.54) is 4.90 Å². The summed E-state index contributed by atoms with van der Waals surface area (Å²) in [6.07, 6.45) is -0.662. The van der Waals surface area contributed by atoms with Crippen molar-refractivity contribution in [3.8, 4) is 0 Å². The molecule has 4 N–H and O–H groups in total. The van der Waals surface area contributed by atoms with Crippen molar-refractivity contribution in [2.75, 3.05) is 19.6 Å². The first-order valence-electron chi connectivity index (χ1n) is 16.2. The van der Waals surface area contributed by atoms with Crippen molar-refractivity contribution >= 4 is 47.3 Å². The summed E-state index contributed by atoms with van der Waals surface area (Å²) in [4.78, 5) is 105. The number of ketones is 2. The fourth-order valence-corrected chi connectivity index (χ4v) is 5.64. The smallest absolute Gasteiger partial charge is 0.410 e. The number of fused-ring (bicyclic) bond motifs is 1. The number of nitrogens with zero attached hydrogens (tertiary/aromatic N) is 2. The Labute approximate surface area is 279 Å². The summed E-state index contributed by atoms with van der Waals surface area (Å²) in [6.45, 7) is 7.85. The molecule has 3 rings (SSSR count). The van der Waals surface area contributed by atoms with Crippen LogP contribution in [-0.2, 0) is 51.3 Å². The van der Waals surface area contributed by atoms with Gasteiger partial charge in [0.2, 0.25) is 23.4 Å². The van der Waals surface area contributed by atoms with Gasteiger partial charge in [-0.15, -0.1) is 0 Å². The highest BCUT2D eigenvalue weighted by atomic mass is 16.6. The summed E-state index contributed by atoms with van der Waals surface area (Å²) in [7, 11) is 0. The Morgan fingerprint density at radius 1 is 0.938 bits per heavy atom. The fraction of sp³-hybridized carbons (Fsp3) is 0.576. The van der Waals surface area contributed by atoms with Crippen molar-refractivity contribution in [1.82, 2.24) is 25.8 Å². The van der Waals surface area contributed by atoms with Crippen LogP contribution in [0.4, 0.5) is 4.79 Å². The Morgan fingerprint density at radius 3 is 2.21 bits per heavy atom. The van der Waals surface area contributed by atoms with Gasteiger partial charge in [-0.25, -0.2) is 4.79 Å². The lowest BCUT2D eigenvalue weighted by atomic mass is 10.0. The third kappa shape index (κ3) is 9.61. The van der Waals surface area contributed by atoms with E-state index in [-0.39, 0.29) is 19.4 Å². The third-order valence-corrected chi connectivity index (χ3v) is 8.31. The highest BCUT2D eigenvalue weighted by Crippen LogP contribution is 2.26. The molecule has 2 aliphatic heterocycles. The van der Waals surface area contributed by atoms with Gasteiger partial charge in [0.15, 0.2) is 0 Å². The first-order chi connectivity index (χ1) is 22.6. The first-order valence-corrected chi connectivity index (χ1v) is 16.2. The maximum Gasteiger partial charge on any atom is 0.410 e. The maximum absolute atomic E-state index is 14.0. The van der Waals surface area contributed by atoms with Gasteiger partial charge in [0.05, 0.1) is 12.6 Å². The average Bonchev–Trinajstić information content (AvgIpc) is 3.48. The Hall–Kier alpha value is -4.82. The Kier molecular flexibility index (Phi) is 13.2. The lowest BCUT2D eigenvalue weighted by Crippen LogP contribution is -2.58.